The second-order valence-corrected chi connectivity index (χ2v) is 8.79. The molecule has 0 fully saturated rings. The van der Waals surface area contributed by atoms with Crippen molar-refractivity contribution in [3.63, 3.8) is 0 Å². The third kappa shape index (κ3) is 3.48. The van der Waals surface area contributed by atoms with Gasteiger partial charge < -0.3 is 0 Å². The number of fused-ring (bicyclic) bond motifs is 1. The van der Waals surface area contributed by atoms with Crippen molar-refractivity contribution in [2.75, 3.05) is 0 Å². The SMILES string of the molecule is Cc1ccc(S(=O)(=O)n2ccc3ccc(C(C#N)c4ccc(Cl)nn4)cc32)cc1. The van der Waals surface area contributed by atoms with Crippen LogP contribution in [0.3, 0.4) is 0 Å². The number of hydrogen-bond donors (Lipinski definition) is 0. The summed E-state index contributed by atoms with van der Waals surface area (Å²) in [6, 6.07) is 19.1. The number of hydrogen-bond acceptors (Lipinski definition) is 5. The van der Waals surface area contributed by atoms with Crippen molar-refractivity contribution in [1.29, 1.82) is 5.26 Å². The van der Waals surface area contributed by atoms with Crippen LogP contribution in [-0.4, -0.2) is 22.6 Å². The van der Waals surface area contributed by atoms with Crippen LogP contribution < -0.4 is 0 Å². The van der Waals surface area contributed by atoms with Crippen LogP contribution in [0.5, 0.6) is 0 Å². The monoisotopic (exact) mass is 422 g/mol. The first-order chi connectivity index (χ1) is 13.9. The van der Waals surface area contributed by atoms with Crippen LogP contribution in [0.2, 0.25) is 5.15 Å². The fourth-order valence-corrected chi connectivity index (χ4v) is 4.57. The highest BCUT2D eigenvalue weighted by Gasteiger charge is 2.21. The van der Waals surface area contributed by atoms with Gasteiger partial charge in [-0.05, 0) is 48.9 Å². The van der Waals surface area contributed by atoms with Crippen molar-refractivity contribution in [2.24, 2.45) is 0 Å². The second-order valence-electron chi connectivity index (χ2n) is 6.59. The Bertz CT molecular complexity index is 1340. The minimum atomic E-state index is -3.77. The molecule has 2 heterocycles. The van der Waals surface area contributed by atoms with E-state index in [0.717, 1.165) is 10.9 Å². The van der Waals surface area contributed by atoms with E-state index in [1.165, 1.54) is 10.2 Å². The minimum Gasteiger partial charge on any atom is -0.241 e. The molecule has 2 aromatic heterocycles. The van der Waals surface area contributed by atoms with Crippen LogP contribution >= 0.6 is 11.6 Å². The largest absolute Gasteiger partial charge is 0.268 e. The van der Waals surface area contributed by atoms with Gasteiger partial charge in [0, 0.05) is 11.6 Å². The van der Waals surface area contributed by atoms with Crippen LogP contribution in [0.1, 0.15) is 22.7 Å². The Labute approximate surface area is 173 Å². The van der Waals surface area contributed by atoms with Crippen LogP contribution in [0.15, 0.2) is 71.8 Å². The molecule has 0 aliphatic carbocycles. The number of aryl methyl sites for hydroxylation is 1. The molecule has 144 valence electrons. The van der Waals surface area contributed by atoms with Crippen molar-refractivity contribution < 1.29 is 8.42 Å². The highest BCUT2D eigenvalue weighted by molar-refractivity contribution is 7.90. The number of nitriles is 1. The third-order valence-electron chi connectivity index (χ3n) is 4.67. The van der Waals surface area contributed by atoms with Gasteiger partial charge in [0.1, 0.15) is 5.92 Å². The minimum absolute atomic E-state index is 0.200. The summed E-state index contributed by atoms with van der Waals surface area (Å²) in [7, 11) is -3.77. The average Bonchev–Trinajstić information content (AvgIpc) is 3.14. The van der Waals surface area contributed by atoms with E-state index < -0.39 is 15.9 Å². The molecule has 8 heteroatoms. The highest BCUT2D eigenvalue weighted by Crippen LogP contribution is 2.28. The van der Waals surface area contributed by atoms with E-state index in [-0.39, 0.29) is 10.0 Å². The Balaban J connectivity index is 1.83. The van der Waals surface area contributed by atoms with Gasteiger partial charge in [-0.1, -0.05) is 41.4 Å². The van der Waals surface area contributed by atoms with Crippen molar-refractivity contribution in [3.05, 3.63) is 88.8 Å². The molecule has 0 N–H and O–H groups in total. The molecule has 0 bridgehead atoms. The Morgan fingerprint density at radius 3 is 2.45 bits per heavy atom. The first-order valence-corrected chi connectivity index (χ1v) is 10.5. The van der Waals surface area contributed by atoms with Crippen LogP contribution in [-0.2, 0) is 10.0 Å². The summed E-state index contributed by atoms with van der Waals surface area (Å²) < 4.78 is 27.5. The van der Waals surface area contributed by atoms with Gasteiger partial charge in [-0.2, -0.15) is 10.4 Å². The first kappa shape index (κ1) is 19.1. The Hall–Kier alpha value is -3.21. The molecule has 0 saturated heterocycles. The first-order valence-electron chi connectivity index (χ1n) is 8.72. The number of aromatic nitrogens is 3. The van der Waals surface area contributed by atoms with E-state index in [1.807, 2.05) is 6.92 Å². The summed E-state index contributed by atoms with van der Waals surface area (Å²) in [6.07, 6.45) is 1.52. The lowest BCUT2D eigenvalue weighted by Crippen LogP contribution is -2.12. The summed E-state index contributed by atoms with van der Waals surface area (Å²) in [5, 5.41) is 18.5. The molecule has 4 aromatic rings. The molecule has 0 aliphatic heterocycles. The van der Waals surface area contributed by atoms with Gasteiger partial charge in [0.2, 0.25) is 0 Å². The number of benzene rings is 2. The number of halogens is 1. The summed E-state index contributed by atoms with van der Waals surface area (Å²) in [5.41, 5.74) is 2.53. The van der Waals surface area contributed by atoms with Crippen molar-refractivity contribution in [2.45, 2.75) is 17.7 Å². The summed E-state index contributed by atoms with van der Waals surface area (Å²) in [5.74, 6) is -0.699. The van der Waals surface area contributed by atoms with E-state index in [2.05, 4.69) is 16.3 Å². The summed E-state index contributed by atoms with van der Waals surface area (Å²) in [6.45, 7) is 1.90. The predicted molar refractivity (Wildman–Crippen MR) is 110 cm³/mol. The maximum absolute atomic E-state index is 13.1. The number of nitrogens with zero attached hydrogens (tertiary/aromatic N) is 4. The van der Waals surface area contributed by atoms with Gasteiger partial charge in [-0.15, -0.1) is 5.10 Å². The van der Waals surface area contributed by atoms with Crippen molar-refractivity contribution in [3.8, 4) is 6.07 Å². The van der Waals surface area contributed by atoms with Crippen LogP contribution in [0.4, 0.5) is 0 Å². The second kappa shape index (κ2) is 7.32. The molecule has 1 unspecified atom stereocenters. The molecule has 0 radical (unpaired) electrons. The number of rotatable bonds is 4. The molecule has 0 aliphatic rings. The Kier molecular flexibility index (Phi) is 4.82. The standard InChI is InChI=1S/C21H15ClN4O2S/c1-14-2-6-17(7-3-14)29(27,28)26-11-10-15-4-5-16(12-20(15)26)18(13-23)19-8-9-21(22)25-24-19/h2-12,18H,1H3. The molecule has 29 heavy (non-hydrogen) atoms. The summed E-state index contributed by atoms with van der Waals surface area (Å²) in [4.78, 5) is 0.200. The zero-order chi connectivity index (χ0) is 20.6. The van der Waals surface area contributed by atoms with Crippen LogP contribution in [0.25, 0.3) is 10.9 Å². The smallest absolute Gasteiger partial charge is 0.241 e. The Morgan fingerprint density at radius 1 is 1.03 bits per heavy atom. The van der Waals surface area contributed by atoms with Gasteiger partial charge in [-0.3, -0.25) is 0 Å². The molecule has 0 amide bonds. The molecule has 0 saturated carbocycles. The molecular weight excluding hydrogens is 408 g/mol. The normalized spacial score (nSPS) is 12.6. The lowest BCUT2D eigenvalue weighted by Gasteiger charge is -2.11. The van der Waals surface area contributed by atoms with E-state index in [1.54, 1.807) is 60.7 Å². The lowest BCUT2D eigenvalue weighted by molar-refractivity contribution is 0.589. The fourth-order valence-electron chi connectivity index (χ4n) is 3.13. The van der Waals surface area contributed by atoms with Gasteiger partial charge in [-0.25, -0.2) is 12.4 Å². The molecule has 0 spiro atoms. The van der Waals surface area contributed by atoms with Gasteiger partial charge in [0.25, 0.3) is 10.0 Å². The maximum Gasteiger partial charge on any atom is 0.268 e. The molecule has 1 atom stereocenters. The zero-order valence-corrected chi connectivity index (χ0v) is 16.9. The molecule has 6 nitrogen and oxygen atoms in total. The zero-order valence-electron chi connectivity index (χ0n) is 15.3. The van der Waals surface area contributed by atoms with E-state index >= 15 is 0 Å². The quantitative estimate of drug-likeness (QED) is 0.489. The summed E-state index contributed by atoms with van der Waals surface area (Å²) >= 11 is 5.78. The highest BCUT2D eigenvalue weighted by atomic mass is 35.5. The van der Waals surface area contributed by atoms with E-state index in [0.29, 0.717) is 16.8 Å². The maximum atomic E-state index is 13.1. The molecular formula is C21H15ClN4O2S. The van der Waals surface area contributed by atoms with Gasteiger partial charge in [0.15, 0.2) is 5.15 Å². The lowest BCUT2D eigenvalue weighted by atomic mass is 9.96. The van der Waals surface area contributed by atoms with Crippen molar-refractivity contribution in [1.82, 2.24) is 14.2 Å². The predicted octanol–water partition coefficient (Wildman–Crippen LogP) is 4.29. The van der Waals surface area contributed by atoms with Crippen LogP contribution in [0, 0.1) is 18.3 Å². The van der Waals surface area contributed by atoms with E-state index in [4.69, 9.17) is 11.6 Å². The average molecular weight is 423 g/mol. The van der Waals surface area contributed by atoms with Crippen molar-refractivity contribution >= 4 is 32.5 Å². The van der Waals surface area contributed by atoms with Gasteiger partial charge in [0.05, 0.1) is 22.2 Å². The van der Waals surface area contributed by atoms with E-state index in [9.17, 15) is 13.7 Å². The van der Waals surface area contributed by atoms with Gasteiger partial charge >= 0.3 is 0 Å². The Morgan fingerprint density at radius 2 is 1.79 bits per heavy atom. The fraction of sp³-hybridized carbons (Fsp3) is 0.0952. The molecule has 4 rings (SSSR count). The third-order valence-corrected chi connectivity index (χ3v) is 6.58. The molecule has 2 aromatic carbocycles. The topological polar surface area (TPSA) is 88.6 Å².